The van der Waals surface area contributed by atoms with Crippen LogP contribution in [0.4, 0.5) is 0 Å². The Hall–Kier alpha value is -1.90. The van der Waals surface area contributed by atoms with Gasteiger partial charge in [0.2, 0.25) is 10.0 Å². The summed E-state index contributed by atoms with van der Waals surface area (Å²) in [4.78, 5) is 12.7. The fraction of sp³-hybridized carbons (Fsp3) is 0.316. The van der Waals surface area contributed by atoms with Crippen LogP contribution in [-0.4, -0.2) is 38.8 Å². The van der Waals surface area contributed by atoms with E-state index in [1.807, 2.05) is 24.3 Å². The number of ether oxygens (including phenoxy) is 1. The summed E-state index contributed by atoms with van der Waals surface area (Å²) in [6, 6.07) is 11.9. The van der Waals surface area contributed by atoms with Gasteiger partial charge in [0.15, 0.2) is 0 Å². The fourth-order valence-electron chi connectivity index (χ4n) is 2.94. The number of amides is 1. The number of methoxy groups -OCH3 is 1. The standard InChI is InChI=1S/C19H21BrN2O4S/c1-26-15-6-4-14(5-7-15)13-21-19(23)17-12-16(8-9-18(17)20)27(24,25)22-10-2-3-11-22/h4-9,12H,2-3,10-11,13H2,1H3,(H,21,23). The molecule has 0 atom stereocenters. The highest BCUT2D eigenvalue weighted by Gasteiger charge is 2.28. The second-order valence-corrected chi connectivity index (χ2v) is 9.08. The number of hydrogen-bond donors (Lipinski definition) is 1. The molecule has 3 rings (SSSR count). The lowest BCUT2D eigenvalue weighted by Gasteiger charge is -2.16. The van der Waals surface area contributed by atoms with Crippen LogP contribution in [0.25, 0.3) is 0 Å². The van der Waals surface area contributed by atoms with Gasteiger partial charge in [0.05, 0.1) is 17.6 Å². The normalized spacial score (nSPS) is 14.9. The largest absolute Gasteiger partial charge is 0.497 e. The van der Waals surface area contributed by atoms with Crippen molar-refractivity contribution in [1.29, 1.82) is 0 Å². The topological polar surface area (TPSA) is 75.7 Å². The fourth-order valence-corrected chi connectivity index (χ4v) is 4.91. The Balaban J connectivity index is 1.75. The zero-order valence-corrected chi connectivity index (χ0v) is 17.3. The Morgan fingerprint density at radius 3 is 2.44 bits per heavy atom. The lowest BCUT2D eigenvalue weighted by atomic mass is 10.2. The number of carbonyl (C=O) groups is 1. The maximum atomic E-state index is 12.7. The van der Waals surface area contributed by atoms with Gasteiger partial charge in [0.1, 0.15) is 5.75 Å². The van der Waals surface area contributed by atoms with Crippen LogP contribution in [0.5, 0.6) is 5.75 Å². The van der Waals surface area contributed by atoms with Gasteiger partial charge in [-0.3, -0.25) is 4.79 Å². The van der Waals surface area contributed by atoms with Crippen LogP contribution in [0.15, 0.2) is 51.8 Å². The second kappa shape index (κ2) is 8.41. The lowest BCUT2D eigenvalue weighted by molar-refractivity contribution is 0.0950. The molecule has 0 spiro atoms. The van der Waals surface area contributed by atoms with Crippen molar-refractivity contribution in [1.82, 2.24) is 9.62 Å². The van der Waals surface area contributed by atoms with Crippen LogP contribution in [0.2, 0.25) is 0 Å². The molecule has 0 aromatic heterocycles. The zero-order valence-electron chi connectivity index (χ0n) is 14.9. The molecule has 2 aromatic rings. The first-order valence-corrected chi connectivity index (χ1v) is 10.9. The summed E-state index contributed by atoms with van der Waals surface area (Å²) in [5.74, 6) is 0.406. The number of nitrogens with one attached hydrogen (secondary N) is 1. The van der Waals surface area contributed by atoms with Crippen molar-refractivity contribution < 1.29 is 17.9 Å². The molecule has 27 heavy (non-hydrogen) atoms. The molecule has 1 aliphatic heterocycles. The van der Waals surface area contributed by atoms with Gasteiger partial charge >= 0.3 is 0 Å². The number of hydrogen-bond acceptors (Lipinski definition) is 4. The van der Waals surface area contributed by atoms with Crippen molar-refractivity contribution in [3.05, 3.63) is 58.1 Å². The van der Waals surface area contributed by atoms with Gasteiger partial charge in [-0.25, -0.2) is 8.42 Å². The summed E-state index contributed by atoms with van der Waals surface area (Å²) in [7, 11) is -1.97. The van der Waals surface area contributed by atoms with E-state index >= 15 is 0 Å². The monoisotopic (exact) mass is 452 g/mol. The molecule has 1 N–H and O–H groups in total. The molecule has 1 fully saturated rings. The first-order chi connectivity index (χ1) is 12.9. The maximum Gasteiger partial charge on any atom is 0.252 e. The van der Waals surface area contributed by atoms with Crippen molar-refractivity contribution in [2.45, 2.75) is 24.3 Å². The average Bonchev–Trinajstić information content (AvgIpc) is 3.22. The molecule has 0 radical (unpaired) electrons. The molecule has 1 amide bonds. The number of sulfonamides is 1. The minimum absolute atomic E-state index is 0.141. The Kier molecular flexibility index (Phi) is 6.18. The molecule has 0 unspecified atom stereocenters. The van der Waals surface area contributed by atoms with E-state index < -0.39 is 10.0 Å². The van der Waals surface area contributed by atoms with Crippen LogP contribution >= 0.6 is 15.9 Å². The summed E-state index contributed by atoms with van der Waals surface area (Å²) in [6.07, 6.45) is 1.73. The highest BCUT2D eigenvalue weighted by atomic mass is 79.9. The van der Waals surface area contributed by atoms with Gasteiger partial charge in [0.25, 0.3) is 5.91 Å². The molecule has 0 aliphatic carbocycles. The van der Waals surface area contributed by atoms with E-state index in [-0.39, 0.29) is 10.8 Å². The lowest BCUT2D eigenvalue weighted by Crippen LogP contribution is -2.28. The van der Waals surface area contributed by atoms with Crippen molar-refractivity contribution in [2.75, 3.05) is 20.2 Å². The van der Waals surface area contributed by atoms with Gasteiger partial charge in [-0.05, 0) is 64.7 Å². The molecule has 1 aliphatic rings. The van der Waals surface area contributed by atoms with Crippen molar-refractivity contribution in [3.8, 4) is 5.75 Å². The molecule has 2 aromatic carbocycles. The quantitative estimate of drug-likeness (QED) is 0.729. The Morgan fingerprint density at radius 2 is 1.81 bits per heavy atom. The van der Waals surface area contributed by atoms with Crippen LogP contribution in [0, 0.1) is 0 Å². The maximum absolute atomic E-state index is 12.7. The van der Waals surface area contributed by atoms with Crippen molar-refractivity contribution in [3.63, 3.8) is 0 Å². The molecular weight excluding hydrogens is 432 g/mol. The molecule has 1 saturated heterocycles. The third-order valence-corrected chi connectivity index (χ3v) is 7.08. The average molecular weight is 453 g/mol. The molecule has 144 valence electrons. The summed E-state index contributed by atoms with van der Waals surface area (Å²) in [6.45, 7) is 1.38. The van der Waals surface area contributed by atoms with E-state index in [9.17, 15) is 13.2 Å². The summed E-state index contributed by atoms with van der Waals surface area (Å²) in [5.41, 5.74) is 1.21. The summed E-state index contributed by atoms with van der Waals surface area (Å²) in [5, 5.41) is 2.82. The number of benzene rings is 2. The number of nitrogens with zero attached hydrogens (tertiary/aromatic N) is 1. The predicted molar refractivity (Wildman–Crippen MR) is 106 cm³/mol. The first-order valence-electron chi connectivity index (χ1n) is 8.62. The molecule has 1 heterocycles. The van der Waals surface area contributed by atoms with E-state index in [1.165, 1.54) is 16.4 Å². The Bertz CT molecular complexity index is 923. The second-order valence-electron chi connectivity index (χ2n) is 6.28. The summed E-state index contributed by atoms with van der Waals surface area (Å²) < 4.78 is 32.6. The van der Waals surface area contributed by atoms with Crippen LogP contribution in [-0.2, 0) is 16.6 Å². The number of carbonyl (C=O) groups excluding carboxylic acids is 1. The van der Waals surface area contributed by atoms with E-state index in [4.69, 9.17) is 4.74 Å². The van der Waals surface area contributed by atoms with E-state index in [1.54, 1.807) is 13.2 Å². The third-order valence-electron chi connectivity index (χ3n) is 4.50. The van der Waals surface area contributed by atoms with Gasteiger partial charge in [-0.2, -0.15) is 4.31 Å². The molecular formula is C19H21BrN2O4S. The smallest absolute Gasteiger partial charge is 0.252 e. The van der Waals surface area contributed by atoms with E-state index in [0.717, 1.165) is 24.2 Å². The van der Waals surface area contributed by atoms with Crippen LogP contribution in [0.3, 0.4) is 0 Å². The van der Waals surface area contributed by atoms with Crippen LogP contribution in [0.1, 0.15) is 28.8 Å². The minimum Gasteiger partial charge on any atom is -0.497 e. The molecule has 8 heteroatoms. The third kappa shape index (κ3) is 4.51. The predicted octanol–water partition coefficient (Wildman–Crippen LogP) is 3.17. The van der Waals surface area contributed by atoms with Gasteiger partial charge in [-0.15, -0.1) is 0 Å². The first kappa shape index (κ1) is 19.9. The summed E-state index contributed by atoms with van der Waals surface area (Å²) >= 11 is 3.34. The molecule has 0 saturated carbocycles. The van der Waals surface area contributed by atoms with Crippen molar-refractivity contribution in [2.24, 2.45) is 0 Å². The SMILES string of the molecule is COc1ccc(CNC(=O)c2cc(S(=O)(=O)N3CCCC3)ccc2Br)cc1. The Labute approximate surface area is 167 Å². The van der Waals surface area contributed by atoms with Gasteiger partial charge in [-0.1, -0.05) is 12.1 Å². The minimum atomic E-state index is -3.57. The van der Waals surface area contributed by atoms with Gasteiger partial charge in [0, 0.05) is 24.1 Å². The van der Waals surface area contributed by atoms with E-state index in [0.29, 0.717) is 29.7 Å². The van der Waals surface area contributed by atoms with Gasteiger partial charge < -0.3 is 10.1 Å². The van der Waals surface area contributed by atoms with E-state index in [2.05, 4.69) is 21.2 Å². The molecule has 6 nitrogen and oxygen atoms in total. The van der Waals surface area contributed by atoms with Crippen molar-refractivity contribution >= 4 is 31.9 Å². The highest BCUT2D eigenvalue weighted by molar-refractivity contribution is 9.10. The highest BCUT2D eigenvalue weighted by Crippen LogP contribution is 2.25. The van der Waals surface area contributed by atoms with Crippen LogP contribution < -0.4 is 10.1 Å². The number of halogens is 1. The number of rotatable bonds is 6. The Morgan fingerprint density at radius 1 is 1.15 bits per heavy atom. The zero-order chi connectivity index (χ0) is 19.4. The molecule has 0 bridgehead atoms.